The van der Waals surface area contributed by atoms with Crippen LogP contribution in [-0.4, -0.2) is 11.5 Å². The van der Waals surface area contributed by atoms with Crippen LogP contribution in [0, 0.1) is 11.3 Å². The van der Waals surface area contributed by atoms with Gasteiger partial charge in [0.2, 0.25) is 0 Å². The van der Waals surface area contributed by atoms with Gasteiger partial charge in [0.25, 0.3) is 0 Å². The minimum absolute atomic E-state index is 0.506. The fourth-order valence-corrected chi connectivity index (χ4v) is 2.09. The molecule has 0 aliphatic heterocycles. The van der Waals surface area contributed by atoms with Crippen molar-refractivity contribution in [3.05, 3.63) is 40.3 Å². The van der Waals surface area contributed by atoms with Gasteiger partial charge in [-0.25, -0.2) is 4.98 Å². The van der Waals surface area contributed by atoms with E-state index in [1.807, 2.05) is 17.5 Å². The van der Waals surface area contributed by atoms with Crippen LogP contribution in [0.4, 0.5) is 11.4 Å². The number of nitrogens with zero attached hydrogens (tertiary/aromatic N) is 2. The molecule has 0 atom stereocenters. The molecule has 0 bridgehead atoms. The first-order chi connectivity index (χ1) is 8.29. The molecule has 17 heavy (non-hydrogen) atoms. The first-order valence-electron chi connectivity index (χ1n) is 5.21. The molecule has 0 fully saturated rings. The Labute approximate surface area is 104 Å². The van der Waals surface area contributed by atoms with E-state index >= 15 is 0 Å². The van der Waals surface area contributed by atoms with Gasteiger partial charge in [-0.15, -0.1) is 11.3 Å². The lowest BCUT2D eigenvalue weighted by Crippen LogP contribution is -2.05. The molecule has 2 rings (SSSR count). The van der Waals surface area contributed by atoms with E-state index < -0.39 is 0 Å². The molecule has 0 aliphatic carbocycles. The molecule has 1 aromatic carbocycles. The Morgan fingerprint density at radius 2 is 2.35 bits per heavy atom. The van der Waals surface area contributed by atoms with Crippen LogP contribution >= 0.6 is 11.3 Å². The second-order valence-corrected chi connectivity index (χ2v) is 4.50. The molecule has 0 radical (unpaired) electrons. The van der Waals surface area contributed by atoms with Crippen molar-refractivity contribution >= 4 is 22.7 Å². The van der Waals surface area contributed by atoms with E-state index in [1.54, 1.807) is 29.7 Å². The van der Waals surface area contributed by atoms with E-state index in [4.69, 9.17) is 11.0 Å². The van der Waals surface area contributed by atoms with E-state index in [-0.39, 0.29) is 0 Å². The van der Waals surface area contributed by atoms with Gasteiger partial charge in [-0.2, -0.15) is 5.26 Å². The first-order valence-corrected chi connectivity index (χ1v) is 6.09. The number of benzene rings is 1. The second-order valence-electron chi connectivity index (χ2n) is 3.52. The number of anilines is 2. The Balaban J connectivity index is 1.91. The number of rotatable bonds is 4. The molecule has 1 aromatic heterocycles. The minimum atomic E-state index is 0.506. The highest BCUT2D eigenvalue weighted by Gasteiger charge is 2.00. The zero-order valence-corrected chi connectivity index (χ0v) is 10.00. The van der Waals surface area contributed by atoms with Gasteiger partial charge in [-0.3, -0.25) is 0 Å². The molecule has 0 saturated heterocycles. The zero-order chi connectivity index (χ0) is 12.1. The molecule has 0 aliphatic rings. The highest BCUT2D eigenvalue weighted by atomic mass is 32.1. The summed E-state index contributed by atoms with van der Waals surface area (Å²) < 4.78 is 0. The maximum Gasteiger partial charge on any atom is 0.101 e. The fourth-order valence-electron chi connectivity index (χ4n) is 1.46. The first kappa shape index (κ1) is 11.4. The molecule has 3 N–H and O–H groups in total. The van der Waals surface area contributed by atoms with Crippen molar-refractivity contribution in [1.82, 2.24) is 4.98 Å². The predicted octanol–water partition coefficient (Wildman–Crippen LogP) is 2.25. The Bertz CT molecular complexity index is 528. The van der Waals surface area contributed by atoms with Crippen LogP contribution in [-0.2, 0) is 6.42 Å². The van der Waals surface area contributed by atoms with Crippen LogP contribution in [0.15, 0.2) is 29.8 Å². The van der Waals surface area contributed by atoms with Crippen molar-refractivity contribution in [2.75, 3.05) is 17.6 Å². The van der Waals surface area contributed by atoms with E-state index in [1.165, 1.54) is 0 Å². The quantitative estimate of drug-likeness (QED) is 0.809. The highest BCUT2D eigenvalue weighted by molar-refractivity contribution is 7.09. The van der Waals surface area contributed by atoms with Gasteiger partial charge in [0.05, 0.1) is 16.3 Å². The van der Waals surface area contributed by atoms with Crippen LogP contribution in [0.1, 0.15) is 10.6 Å². The fraction of sp³-hybridized carbons (Fsp3) is 0.167. The van der Waals surface area contributed by atoms with Crippen LogP contribution in [0.25, 0.3) is 0 Å². The number of thiazole rings is 1. The minimum Gasteiger partial charge on any atom is -0.398 e. The van der Waals surface area contributed by atoms with Crippen molar-refractivity contribution in [2.24, 2.45) is 0 Å². The molecule has 1 heterocycles. The van der Waals surface area contributed by atoms with Gasteiger partial charge in [0.1, 0.15) is 6.07 Å². The number of hydrogen-bond acceptors (Lipinski definition) is 5. The van der Waals surface area contributed by atoms with E-state index in [0.29, 0.717) is 11.3 Å². The average molecular weight is 244 g/mol. The van der Waals surface area contributed by atoms with E-state index in [0.717, 1.165) is 23.7 Å². The number of nitrogens with two attached hydrogens (primary N) is 1. The Hall–Kier alpha value is -2.06. The molecule has 0 saturated carbocycles. The monoisotopic (exact) mass is 244 g/mol. The maximum atomic E-state index is 8.75. The third-order valence-electron chi connectivity index (χ3n) is 2.32. The summed E-state index contributed by atoms with van der Waals surface area (Å²) in [7, 11) is 0. The van der Waals surface area contributed by atoms with Crippen molar-refractivity contribution in [3.8, 4) is 6.07 Å². The molecular weight excluding hydrogens is 232 g/mol. The summed E-state index contributed by atoms with van der Waals surface area (Å²) in [6, 6.07) is 7.40. The molecule has 0 amide bonds. The summed E-state index contributed by atoms with van der Waals surface area (Å²) in [6.07, 6.45) is 2.69. The number of nitrogen functional groups attached to an aromatic ring is 1. The molecule has 86 valence electrons. The van der Waals surface area contributed by atoms with Gasteiger partial charge in [-0.05, 0) is 18.2 Å². The predicted molar refractivity (Wildman–Crippen MR) is 69.9 cm³/mol. The Morgan fingerprint density at radius 3 is 3.00 bits per heavy atom. The van der Waals surface area contributed by atoms with Gasteiger partial charge < -0.3 is 11.1 Å². The van der Waals surface area contributed by atoms with Crippen molar-refractivity contribution in [1.29, 1.82) is 5.26 Å². The van der Waals surface area contributed by atoms with Crippen molar-refractivity contribution < 1.29 is 0 Å². The molecule has 2 aromatic rings. The number of aromatic nitrogens is 1. The van der Waals surface area contributed by atoms with Crippen LogP contribution in [0.2, 0.25) is 0 Å². The van der Waals surface area contributed by atoms with Gasteiger partial charge >= 0.3 is 0 Å². The topological polar surface area (TPSA) is 74.7 Å². The van der Waals surface area contributed by atoms with Gasteiger partial charge in [-0.1, -0.05) is 0 Å². The van der Waals surface area contributed by atoms with Crippen LogP contribution < -0.4 is 11.1 Å². The molecule has 4 nitrogen and oxygen atoms in total. The zero-order valence-electron chi connectivity index (χ0n) is 9.18. The number of hydrogen-bond donors (Lipinski definition) is 2. The molecular formula is C12H12N4S. The normalized spacial score (nSPS) is 9.82. The number of nitriles is 1. The van der Waals surface area contributed by atoms with Crippen molar-refractivity contribution in [2.45, 2.75) is 6.42 Å². The Kier molecular flexibility index (Phi) is 3.58. The van der Waals surface area contributed by atoms with E-state index in [2.05, 4.69) is 10.3 Å². The lowest BCUT2D eigenvalue weighted by atomic mass is 10.2. The van der Waals surface area contributed by atoms with Gasteiger partial charge in [0, 0.05) is 30.2 Å². The average Bonchev–Trinajstić information content (AvgIpc) is 2.82. The lowest BCUT2D eigenvalue weighted by Gasteiger charge is -2.06. The standard InChI is InChI=1S/C12H12N4S/c13-8-9-1-2-10(7-11(9)14)15-4-3-12-16-5-6-17-12/h1-2,5-7,15H,3-4,14H2. The molecule has 5 heteroatoms. The molecule has 0 unspecified atom stereocenters. The largest absolute Gasteiger partial charge is 0.398 e. The van der Waals surface area contributed by atoms with Crippen LogP contribution in [0.5, 0.6) is 0 Å². The summed E-state index contributed by atoms with van der Waals surface area (Å²) >= 11 is 1.65. The van der Waals surface area contributed by atoms with Crippen molar-refractivity contribution in [3.63, 3.8) is 0 Å². The summed E-state index contributed by atoms with van der Waals surface area (Å²) in [6.45, 7) is 0.804. The lowest BCUT2D eigenvalue weighted by molar-refractivity contribution is 0.998. The smallest absolute Gasteiger partial charge is 0.101 e. The van der Waals surface area contributed by atoms with E-state index in [9.17, 15) is 0 Å². The summed E-state index contributed by atoms with van der Waals surface area (Å²) in [4.78, 5) is 4.20. The summed E-state index contributed by atoms with van der Waals surface area (Å²) in [5.41, 5.74) is 7.67. The summed E-state index contributed by atoms with van der Waals surface area (Å²) in [5.74, 6) is 0. The highest BCUT2D eigenvalue weighted by Crippen LogP contribution is 2.17. The maximum absolute atomic E-state index is 8.75. The van der Waals surface area contributed by atoms with Gasteiger partial charge in [0.15, 0.2) is 0 Å². The third-order valence-corrected chi connectivity index (χ3v) is 3.16. The third kappa shape index (κ3) is 2.95. The summed E-state index contributed by atoms with van der Waals surface area (Å²) in [5, 5.41) is 15.1. The second kappa shape index (κ2) is 5.32. The Morgan fingerprint density at radius 1 is 1.47 bits per heavy atom. The number of nitrogens with one attached hydrogen (secondary N) is 1. The van der Waals surface area contributed by atoms with Crippen LogP contribution in [0.3, 0.4) is 0 Å². The molecule has 0 spiro atoms. The SMILES string of the molecule is N#Cc1ccc(NCCc2nccs2)cc1N.